The van der Waals surface area contributed by atoms with Gasteiger partial charge in [-0.05, 0) is 49.9 Å². The molecule has 3 N–H and O–H groups in total. The molecule has 7 heteroatoms. The quantitative estimate of drug-likeness (QED) is 0.678. The Kier molecular flexibility index (Phi) is 4.97. The largest absolute Gasteiger partial charge is 0.322 e. The first-order chi connectivity index (χ1) is 13.0. The fraction of sp³-hybridized carbons (Fsp3) is 0.550. The summed E-state index contributed by atoms with van der Waals surface area (Å²) in [6.45, 7) is 4.45. The average Bonchev–Trinajstić information content (AvgIpc) is 2.96. The third-order valence-electron chi connectivity index (χ3n) is 5.81. The summed E-state index contributed by atoms with van der Waals surface area (Å²) >= 11 is 0. The van der Waals surface area contributed by atoms with E-state index in [9.17, 15) is 14.4 Å². The number of hydrogen-bond acceptors (Lipinski definition) is 5. The van der Waals surface area contributed by atoms with Gasteiger partial charge in [-0.1, -0.05) is 12.1 Å². The Labute approximate surface area is 158 Å². The maximum Gasteiger partial charge on any atom is 0.255 e. The van der Waals surface area contributed by atoms with E-state index < -0.39 is 6.04 Å². The number of imide groups is 1. The van der Waals surface area contributed by atoms with E-state index in [1.165, 1.54) is 0 Å². The van der Waals surface area contributed by atoms with Gasteiger partial charge in [-0.25, -0.2) is 0 Å². The Balaban J connectivity index is 1.41. The van der Waals surface area contributed by atoms with E-state index in [1.54, 1.807) is 4.90 Å². The van der Waals surface area contributed by atoms with Crippen molar-refractivity contribution in [1.82, 2.24) is 20.9 Å². The van der Waals surface area contributed by atoms with Crippen LogP contribution >= 0.6 is 0 Å². The van der Waals surface area contributed by atoms with Crippen molar-refractivity contribution in [3.8, 4) is 0 Å². The summed E-state index contributed by atoms with van der Waals surface area (Å²) in [6, 6.07) is 6.41. The van der Waals surface area contributed by atoms with Gasteiger partial charge in [0.2, 0.25) is 11.8 Å². The molecule has 0 aromatic heterocycles. The molecule has 0 radical (unpaired) electrons. The predicted octanol–water partition coefficient (Wildman–Crippen LogP) is 0.678. The van der Waals surface area contributed by atoms with Crippen molar-refractivity contribution in [2.45, 2.75) is 63.8 Å². The molecule has 0 bridgehead atoms. The Bertz CT molecular complexity index is 778. The summed E-state index contributed by atoms with van der Waals surface area (Å²) in [5.74, 6) is -0.749. The highest BCUT2D eigenvalue weighted by atomic mass is 16.2. The Hall–Kier alpha value is -2.25. The molecule has 1 aromatic rings. The van der Waals surface area contributed by atoms with Gasteiger partial charge >= 0.3 is 0 Å². The molecule has 0 spiro atoms. The van der Waals surface area contributed by atoms with E-state index in [4.69, 9.17) is 0 Å². The van der Waals surface area contributed by atoms with E-state index in [-0.39, 0.29) is 24.1 Å². The number of rotatable bonds is 4. The summed E-state index contributed by atoms with van der Waals surface area (Å²) in [7, 11) is 0. The molecule has 2 fully saturated rings. The number of amides is 3. The lowest BCUT2D eigenvalue weighted by Crippen LogP contribution is -2.52. The van der Waals surface area contributed by atoms with Gasteiger partial charge in [-0.2, -0.15) is 0 Å². The minimum atomic E-state index is -0.555. The van der Waals surface area contributed by atoms with Gasteiger partial charge in [0.25, 0.3) is 5.91 Å². The molecule has 3 aliphatic rings. The molecule has 1 aromatic carbocycles. The van der Waals surface area contributed by atoms with Crippen molar-refractivity contribution >= 4 is 17.7 Å². The summed E-state index contributed by atoms with van der Waals surface area (Å²) in [6.07, 6.45) is 2.91. The maximum absolute atomic E-state index is 12.7. The highest BCUT2D eigenvalue weighted by molar-refractivity contribution is 6.05. The zero-order chi connectivity index (χ0) is 19.0. The van der Waals surface area contributed by atoms with Crippen LogP contribution in [0.25, 0.3) is 0 Å². The van der Waals surface area contributed by atoms with Gasteiger partial charge in [0.1, 0.15) is 6.04 Å². The van der Waals surface area contributed by atoms with Gasteiger partial charge in [0.15, 0.2) is 0 Å². The predicted molar refractivity (Wildman–Crippen MR) is 99.8 cm³/mol. The van der Waals surface area contributed by atoms with E-state index in [0.29, 0.717) is 30.6 Å². The minimum Gasteiger partial charge on any atom is -0.322 e. The number of nitrogens with zero attached hydrogens (tertiary/aromatic N) is 1. The van der Waals surface area contributed by atoms with Crippen LogP contribution < -0.4 is 16.0 Å². The molecule has 3 aliphatic heterocycles. The van der Waals surface area contributed by atoms with Crippen molar-refractivity contribution < 1.29 is 14.4 Å². The zero-order valence-corrected chi connectivity index (χ0v) is 15.6. The highest BCUT2D eigenvalue weighted by Gasteiger charge is 2.39. The SMILES string of the molecule is C[C@@H]1C[C@@H](NCc2ccc3c(c2)CN(C2CCC(=O)NC2=O)C3=O)CCN1. The lowest BCUT2D eigenvalue weighted by atomic mass is 10.00. The van der Waals surface area contributed by atoms with E-state index in [0.717, 1.165) is 37.1 Å². The fourth-order valence-electron chi connectivity index (χ4n) is 4.32. The third kappa shape index (κ3) is 3.75. The van der Waals surface area contributed by atoms with Crippen LogP contribution in [0.15, 0.2) is 18.2 Å². The van der Waals surface area contributed by atoms with Crippen LogP contribution in [0, 0.1) is 0 Å². The van der Waals surface area contributed by atoms with Gasteiger partial charge in [0, 0.05) is 37.2 Å². The molecule has 7 nitrogen and oxygen atoms in total. The van der Waals surface area contributed by atoms with Crippen LogP contribution in [0.2, 0.25) is 0 Å². The maximum atomic E-state index is 12.7. The van der Waals surface area contributed by atoms with E-state index in [2.05, 4.69) is 28.9 Å². The standard InChI is InChI=1S/C20H26N4O3/c1-12-8-15(6-7-21-12)22-10-13-2-3-16-14(9-13)11-24(20(16)27)17-4-5-18(25)23-19(17)26/h2-3,9,12,15,17,21-22H,4-8,10-11H2,1H3,(H,23,25,26)/t12-,15+,17?/m1/s1. The molecule has 27 heavy (non-hydrogen) atoms. The van der Waals surface area contributed by atoms with Crippen LogP contribution in [0.1, 0.15) is 54.1 Å². The lowest BCUT2D eigenvalue weighted by Gasteiger charge is -2.29. The van der Waals surface area contributed by atoms with Crippen molar-refractivity contribution in [3.05, 3.63) is 34.9 Å². The lowest BCUT2D eigenvalue weighted by molar-refractivity contribution is -0.136. The van der Waals surface area contributed by atoms with Crippen LogP contribution in [0.3, 0.4) is 0 Å². The number of nitrogens with one attached hydrogen (secondary N) is 3. The minimum absolute atomic E-state index is 0.119. The molecule has 0 saturated carbocycles. The molecular weight excluding hydrogens is 344 g/mol. The molecule has 144 valence electrons. The second-order valence-electron chi connectivity index (χ2n) is 7.85. The molecule has 0 aliphatic carbocycles. The van der Waals surface area contributed by atoms with Gasteiger partial charge in [-0.3, -0.25) is 19.7 Å². The Morgan fingerprint density at radius 2 is 2.07 bits per heavy atom. The van der Waals surface area contributed by atoms with Crippen molar-refractivity contribution in [2.24, 2.45) is 0 Å². The smallest absolute Gasteiger partial charge is 0.255 e. The summed E-state index contributed by atoms with van der Waals surface area (Å²) in [5, 5.41) is 9.41. The van der Waals surface area contributed by atoms with Crippen molar-refractivity contribution in [3.63, 3.8) is 0 Å². The highest BCUT2D eigenvalue weighted by Crippen LogP contribution is 2.28. The summed E-state index contributed by atoms with van der Waals surface area (Å²) in [4.78, 5) is 37.8. The first kappa shape index (κ1) is 18.1. The van der Waals surface area contributed by atoms with Gasteiger partial charge in [0.05, 0.1) is 0 Å². The third-order valence-corrected chi connectivity index (χ3v) is 5.81. The molecule has 2 saturated heterocycles. The average molecular weight is 370 g/mol. The number of fused-ring (bicyclic) bond motifs is 1. The molecule has 3 heterocycles. The topological polar surface area (TPSA) is 90.5 Å². The first-order valence-corrected chi connectivity index (χ1v) is 9.74. The Morgan fingerprint density at radius 3 is 2.85 bits per heavy atom. The van der Waals surface area contributed by atoms with Crippen LogP contribution in [0.4, 0.5) is 0 Å². The van der Waals surface area contributed by atoms with Crippen LogP contribution in [0.5, 0.6) is 0 Å². The van der Waals surface area contributed by atoms with Crippen LogP contribution in [-0.4, -0.2) is 47.3 Å². The van der Waals surface area contributed by atoms with Crippen molar-refractivity contribution in [1.29, 1.82) is 0 Å². The molecular formula is C20H26N4O3. The summed E-state index contributed by atoms with van der Waals surface area (Å²) < 4.78 is 0. The van der Waals surface area contributed by atoms with Crippen LogP contribution in [-0.2, 0) is 22.7 Å². The summed E-state index contributed by atoms with van der Waals surface area (Å²) in [5.41, 5.74) is 2.78. The molecule has 4 rings (SSSR count). The molecule has 3 amide bonds. The second kappa shape index (κ2) is 7.40. The normalized spacial score (nSPS) is 28.3. The fourth-order valence-corrected chi connectivity index (χ4v) is 4.32. The number of benzene rings is 1. The zero-order valence-electron chi connectivity index (χ0n) is 15.6. The van der Waals surface area contributed by atoms with E-state index in [1.807, 2.05) is 12.1 Å². The number of carbonyl (C=O) groups excluding carboxylic acids is 3. The first-order valence-electron chi connectivity index (χ1n) is 9.74. The number of hydrogen-bond donors (Lipinski definition) is 3. The number of piperidine rings is 2. The Morgan fingerprint density at radius 1 is 1.22 bits per heavy atom. The number of carbonyl (C=O) groups is 3. The van der Waals surface area contributed by atoms with Gasteiger partial charge < -0.3 is 15.5 Å². The molecule has 3 atom stereocenters. The second-order valence-corrected chi connectivity index (χ2v) is 7.85. The van der Waals surface area contributed by atoms with Gasteiger partial charge in [-0.15, -0.1) is 0 Å². The van der Waals surface area contributed by atoms with E-state index >= 15 is 0 Å². The monoisotopic (exact) mass is 370 g/mol. The van der Waals surface area contributed by atoms with Crippen molar-refractivity contribution in [2.75, 3.05) is 6.54 Å². The molecule has 1 unspecified atom stereocenters.